The van der Waals surface area contributed by atoms with Gasteiger partial charge >= 0.3 is 0 Å². The average Bonchev–Trinajstić information content (AvgIpc) is 3.05. The highest BCUT2D eigenvalue weighted by Crippen LogP contribution is 2.42. The minimum absolute atomic E-state index is 0.156. The maximum Gasteiger partial charge on any atom is 0.187 e. The van der Waals surface area contributed by atoms with E-state index in [1.54, 1.807) is 14.2 Å². The molecule has 2 aliphatic rings. The molecule has 1 aromatic carbocycles. The number of hydrogen-bond acceptors (Lipinski definition) is 6. The van der Waals surface area contributed by atoms with Crippen molar-refractivity contribution in [2.75, 3.05) is 27.4 Å². The van der Waals surface area contributed by atoms with Crippen LogP contribution in [0.25, 0.3) is 0 Å². The van der Waals surface area contributed by atoms with Crippen LogP contribution in [0.15, 0.2) is 24.3 Å². The fraction of sp³-hybridized carbons (Fsp3) is 0.600. The van der Waals surface area contributed by atoms with Gasteiger partial charge in [0.2, 0.25) is 0 Å². The number of methoxy groups -OCH3 is 2. The first-order chi connectivity index (χ1) is 10.2. The molecule has 0 radical (unpaired) electrons. The van der Waals surface area contributed by atoms with Gasteiger partial charge in [-0.1, -0.05) is 12.1 Å². The molecule has 116 valence electrons. The first kappa shape index (κ1) is 14.7. The summed E-state index contributed by atoms with van der Waals surface area (Å²) in [5.41, 5.74) is 0.196. The first-order valence-corrected chi connectivity index (χ1v) is 6.90. The zero-order chi connectivity index (χ0) is 14.9. The normalized spacial score (nSPS) is 34.3. The Morgan fingerprint density at radius 3 is 2.67 bits per heavy atom. The van der Waals surface area contributed by atoms with E-state index in [2.05, 4.69) is 0 Å². The number of aliphatic hydroxyl groups is 1. The molecule has 1 aromatic rings. The molecule has 2 aliphatic heterocycles. The van der Waals surface area contributed by atoms with Crippen molar-refractivity contribution in [1.29, 1.82) is 0 Å². The van der Waals surface area contributed by atoms with Crippen molar-refractivity contribution in [2.24, 2.45) is 0 Å². The predicted octanol–water partition coefficient (Wildman–Crippen LogP) is 0.713. The van der Waals surface area contributed by atoms with Crippen LogP contribution < -0.4 is 4.74 Å². The van der Waals surface area contributed by atoms with Gasteiger partial charge in [-0.15, -0.1) is 0 Å². The second kappa shape index (κ2) is 5.90. The first-order valence-electron chi connectivity index (χ1n) is 6.90. The van der Waals surface area contributed by atoms with Crippen LogP contribution >= 0.6 is 0 Å². The monoisotopic (exact) mass is 296 g/mol. The fourth-order valence-electron chi connectivity index (χ4n) is 2.84. The van der Waals surface area contributed by atoms with Gasteiger partial charge in [-0.25, -0.2) is 0 Å². The van der Waals surface area contributed by atoms with E-state index in [0.717, 1.165) is 11.3 Å². The summed E-state index contributed by atoms with van der Waals surface area (Å²) in [6.07, 6.45) is -1.14. The molecule has 2 bridgehead atoms. The summed E-state index contributed by atoms with van der Waals surface area (Å²) < 4.78 is 27.7. The van der Waals surface area contributed by atoms with Gasteiger partial charge in [0.25, 0.3) is 0 Å². The SMILES string of the molecule is COc1ccc(CO[C@@H]2[C@@H]3OC[C@@]2(CO)O[C@H]3OC)cc1. The highest BCUT2D eigenvalue weighted by atomic mass is 16.8. The summed E-state index contributed by atoms with van der Waals surface area (Å²) in [4.78, 5) is 0. The van der Waals surface area contributed by atoms with Crippen molar-refractivity contribution in [2.45, 2.75) is 30.7 Å². The van der Waals surface area contributed by atoms with E-state index < -0.39 is 11.9 Å². The molecule has 3 rings (SSSR count). The lowest BCUT2D eigenvalue weighted by Gasteiger charge is -2.28. The van der Waals surface area contributed by atoms with Crippen molar-refractivity contribution in [3.05, 3.63) is 29.8 Å². The van der Waals surface area contributed by atoms with Crippen molar-refractivity contribution in [3.63, 3.8) is 0 Å². The van der Waals surface area contributed by atoms with E-state index in [1.165, 1.54) is 0 Å². The van der Waals surface area contributed by atoms with E-state index >= 15 is 0 Å². The smallest absolute Gasteiger partial charge is 0.187 e. The Morgan fingerprint density at radius 2 is 2.05 bits per heavy atom. The average molecular weight is 296 g/mol. The lowest BCUT2D eigenvalue weighted by atomic mass is 10.0. The lowest BCUT2D eigenvalue weighted by Crippen LogP contribution is -2.45. The Balaban J connectivity index is 1.66. The second-order valence-electron chi connectivity index (χ2n) is 5.30. The van der Waals surface area contributed by atoms with Crippen LogP contribution in [0.2, 0.25) is 0 Å². The van der Waals surface area contributed by atoms with Gasteiger partial charge in [-0.2, -0.15) is 0 Å². The molecule has 0 spiro atoms. The summed E-state index contributed by atoms with van der Waals surface area (Å²) in [5.74, 6) is 0.803. The van der Waals surface area contributed by atoms with Crippen molar-refractivity contribution >= 4 is 0 Å². The zero-order valence-electron chi connectivity index (χ0n) is 12.2. The third kappa shape index (κ3) is 2.54. The standard InChI is InChI=1S/C15H20O6/c1-17-11-5-3-10(4-6-11)7-19-13-12-14(18-2)21-15(13,8-16)9-20-12/h3-6,12-14,16H,7-9H2,1-2H3/t12-,13+,14+,15+/m0/s1. The highest BCUT2D eigenvalue weighted by molar-refractivity contribution is 5.26. The van der Waals surface area contributed by atoms with Crippen molar-refractivity contribution < 1.29 is 28.8 Å². The predicted molar refractivity (Wildman–Crippen MR) is 73.0 cm³/mol. The fourth-order valence-corrected chi connectivity index (χ4v) is 2.84. The maximum atomic E-state index is 9.64. The highest BCUT2D eigenvalue weighted by Gasteiger charge is 2.62. The minimum Gasteiger partial charge on any atom is -0.497 e. The van der Waals surface area contributed by atoms with Gasteiger partial charge in [-0.05, 0) is 17.7 Å². The molecule has 0 aliphatic carbocycles. The largest absolute Gasteiger partial charge is 0.497 e. The number of ether oxygens (including phenoxy) is 5. The van der Waals surface area contributed by atoms with E-state index in [9.17, 15) is 5.11 Å². The molecule has 6 heteroatoms. The van der Waals surface area contributed by atoms with Crippen LogP contribution in [0.1, 0.15) is 5.56 Å². The molecule has 2 fully saturated rings. The van der Waals surface area contributed by atoms with Gasteiger partial charge in [0, 0.05) is 7.11 Å². The number of fused-ring (bicyclic) bond motifs is 2. The summed E-state index contributed by atoms with van der Waals surface area (Å²) in [6.45, 7) is 0.577. The number of benzene rings is 1. The van der Waals surface area contributed by atoms with Crippen molar-refractivity contribution in [1.82, 2.24) is 0 Å². The summed E-state index contributed by atoms with van der Waals surface area (Å²) in [7, 11) is 3.19. The van der Waals surface area contributed by atoms with E-state index in [4.69, 9.17) is 23.7 Å². The molecule has 2 heterocycles. The Bertz CT molecular complexity index is 476. The summed E-state index contributed by atoms with van der Waals surface area (Å²) in [6, 6.07) is 7.65. The van der Waals surface area contributed by atoms with Gasteiger partial charge in [0.15, 0.2) is 6.29 Å². The zero-order valence-corrected chi connectivity index (χ0v) is 12.2. The third-order valence-corrected chi connectivity index (χ3v) is 4.04. The molecular weight excluding hydrogens is 276 g/mol. The number of aliphatic hydroxyl groups excluding tert-OH is 1. The minimum atomic E-state index is -0.822. The number of rotatable bonds is 6. The van der Waals surface area contributed by atoms with E-state index in [0.29, 0.717) is 13.2 Å². The Hall–Kier alpha value is -1.18. The summed E-state index contributed by atoms with van der Waals surface area (Å²) >= 11 is 0. The third-order valence-electron chi connectivity index (χ3n) is 4.04. The Labute approximate surface area is 123 Å². The molecule has 1 N–H and O–H groups in total. The van der Waals surface area contributed by atoms with Crippen LogP contribution in [0.4, 0.5) is 0 Å². The van der Waals surface area contributed by atoms with Gasteiger partial charge < -0.3 is 28.8 Å². The van der Waals surface area contributed by atoms with Crippen LogP contribution in [0, 0.1) is 0 Å². The Morgan fingerprint density at radius 1 is 1.29 bits per heavy atom. The van der Waals surface area contributed by atoms with Gasteiger partial charge in [0.1, 0.15) is 23.6 Å². The molecule has 4 atom stereocenters. The van der Waals surface area contributed by atoms with Crippen LogP contribution in [-0.2, 0) is 25.6 Å². The van der Waals surface area contributed by atoms with E-state index in [-0.39, 0.29) is 18.8 Å². The maximum absolute atomic E-state index is 9.64. The molecular formula is C15H20O6. The molecule has 6 nitrogen and oxygen atoms in total. The topological polar surface area (TPSA) is 66.4 Å². The van der Waals surface area contributed by atoms with Gasteiger partial charge in [-0.3, -0.25) is 0 Å². The van der Waals surface area contributed by atoms with E-state index in [1.807, 2.05) is 24.3 Å². The number of hydrogen-bond donors (Lipinski definition) is 1. The van der Waals surface area contributed by atoms with Crippen LogP contribution in [0.5, 0.6) is 5.75 Å². The van der Waals surface area contributed by atoms with Crippen LogP contribution in [0.3, 0.4) is 0 Å². The quantitative estimate of drug-likeness (QED) is 0.834. The molecule has 21 heavy (non-hydrogen) atoms. The summed E-state index contributed by atoms with van der Waals surface area (Å²) in [5, 5.41) is 9.64. The van der Waals surface area contributed by atoms with Crippen molar-refractivity contribution in [3.8, 4) is 5.75 Å². The second-order valence-corrected chi connectivity index (χ2v) is 5.30. The molecule has 0 saturated carbocycles. The molecule has 2 saturated heterocycles. The molecule has 0 amide bonds. The molecule has 0 unspecified atom stereocenters. The Kier molecular flexibility index (Phi) is 4.14. The van der Waals surface area contributed by atoms with Crippen LogP contribution in [-0.4, -0.2) is 56.6 Å². The lowest BCUT2D eigenvalue weighted by molar-refractivity contribution is -0.242. The molecule has 0 aromatic heterocycles. The van der Waals surface area contributed by atoms with Gasteiger partial charge in [0.05, 0.1) is 26.9 Å².